The standard InChI is InChI=1S/C24H27FN6O5/c1-13-27-10-18(26)31(13)19(32)12-28-5-7-29(8-6-28)21-17(25)9-15-20(23(21)36-2)30(14-3-4-14)11-16(22(15)33)24(34)35/h9-11,14H,3-8,12,26H2,1-2H3,(H,34,35). The number of rotatable bonds is 6. The summed E-state index contributed by atoms with van der Waals surface area (Å²) < 4.78 is 24.2. The third kappa shape index (κ3) is 3.96. The molecule has 0 spiro atoms. The van der Waals surface area contributed by atoms with Crippen LogP contribution in [0.4, 0.5) is 15.9 Å². The fourth-order valence-electron chi connectivity index (χ4n) is 4.90. The molecule has 36 heavy (non-hydrogen) atoms. The molecule has 0 unspecified atom stereocenters. The molecule has 3 N–H and O–H groups in total. The van der Waals surface area contributed by atoms with Crippen molar-refractivity contribution in [2.45, 2.75) is 25.8 Å². The molecule has 0 bridgehead atoms. The zero-order valence-electron chi connectivity index (χ0n) is 20.0. The average Bonchev–Trinajstić information content (AvgIpc) is 3.63. The highest BCUT2D eigenvalue weighted by molar-refractivity contribution is 5.97. The summed E-state index contributed by atoms with van der Waals surface area (Å²) in [6.45, 7) is 3.69. The number of methoxy groups -OCH3 is 1. The number of halogens is 1. The highest BCUT2D eigenvalue weighted by Crippen LogP contribution is 2.43. The van der Waals surface area contributed by atoms with Crippen molar-refractivity contribution < 1.29 is 23.8 Å². The second-order valence-corrected chi connectivity index (χ2v) is 9.17. The summed E-state index contributed by atoms with van der Waals surface area (Å²) in [4.78, 5) is 45.1. The van der Waals surface area contributed by atoms with E-state index in [2.05, 4.69) is 4.98 Å². The van der Waals surface area contributed by atoms with Crippen LogP contribution in [0.5, 0.6) is 5.75 Å². The van der Waals surface area contributed by atoms with E-state index in [-0.39, 0.29) is 41.1 Å². The van der Waals surface area contributed by atoms with Gasteiger partial charge in [-0.3, -0.25) is 19.1 Å². The zero-order valence-corrected chi connectivity index (χ0v) is 20.0. The van der Waals surface area contributed by atoms with Gasteiger partial charge in [-0.25, -0.2) is 14.2 Å². The van der Waals surface area contributed by atoms with E-state index in [9.17, 15) is 19.5 Å². The Balaban J connectivity index is 1.46. The molecule has 1 aliphatic carbocycles. The van der Waals surface area contributed by atoms with Gasteiger partial charge in [-0.15, -0.1) is 0 Å². The number of aromatic carboxylic acids is 1. The first-order valence-electron chi connectivity index (χ1n) is 11.7. The minimum absolute atomic E-state index is 0.0163. The maximum Gasteiger partial charge on any atom is 0.341 e. The first-order chi connectivity index (χ1) is 17.2. The predicted octanol–water partition coefficient (Wildman–Crippen LogP) is 1.73. The summed E-state index contributed by atoms with van der Waals surface area (Å²) in [6.07, 6.45) is 4.45. The molecule has 2 aromatic heterocycles. The molecule has 5 rings (SSSR count). The molecule has 2 aliphatic rings. The molecule has 0 amide bonds. The van der Waals surface area contributed by atoms with Crippen LogP contribution < -0.4 is 20.8 Å². The topological polar surface area (TPSA) is 136 Å². The molecule has 0 radical (unpaired) electrons. The van der Waals surface area contributed by atoms with Gasteiger partial charge in [0, 0.05) is 38.4 Å². The Kier molecular flexibility index (Phi) is 5.91. The number of aromatic nitrogens is 3. The van der Waals surface area contributed by atoms with Gasteiger partial charge in [-0.05, 0) is 25.8 Å². The van der Waals surface area contributed by atoms with Gasteiger partial charge < -0.3 is 25.0 Å². The lowest BCUT2D eigenvalue weighted by Gasteiger charge is -2.36. The highest BCUT2D eigenvalue weighted by Gasteiger charge is 2.32. The number of carbonyl (C=O) groups is 2. The van der Waals surface area contributed by atoms with Crippen LogP contribution in [0.1, 0.15) is 39.9 Å². The van der Waals surface area contributed by atoms with Crippen LogP contribution in [0.3, 0.4) is 0 Å². The monoisotopic (exact) mass is 498 g/mol. The molecule has 3 heterocycles. The fourth-order valence-corrected chi connectivity index (χ4v) is 4.90. The average molecular weight is 499 g/mol. The number of benzene rings is 1. The number of ether oxygens (including phenoxy) is 1. The molecule has 1 aliphatic heterocycles. The lowest BCUT2D eigenvalue weighted by molar-refractivity contribution is 0.0694. The molecule has 1 saturated heterocycles. The molecule has 3 aromatic rings. The summed E-state index contributed by atoms with van der Waals surface area (Å²) in [7, 11) is 1.41. The highest BCUT2D eigenvalue weighted by atomic mass is 19.1. The molecular weight excluding hydrogens is 471 g/mol. The van der Waals surface area contributed by atoms with E-state index in [1.165, 1.54) is 24.1 Å². The number of carbonyl (C=O) groups excluding carboxylic acids is 1. The molecule has 0 atom stereocenters. The van der Waals surface area contributed by atoms with Crippen molar-refractivity contribution in [1.82, 2.24) is 19.0 Å². The first-order valence-corrected chi connectivity index (χ1v) is 11.7. The van der Waals surface area contributed by atoms with Gasteiger partial charge >= 0.3 is 5.97 Å². The number of piperazine rings is 1. The second-order valence-electron chi connectivity index (χ2n) is 9.17. The molecule has 11 nitrogen and oxygen atoms in total. The predicted molar refractivity (Wildman–Crippen MR) is 131 cm³/mol. The van der Waals surface area contributed by atoms with Crippen molar-refractivity contribution in [2.24, 2.45) is 0 Å². The largest absolute Gasteiger partial charge is 0.492 e. The molecule has 1 saturated carbocycles. The summed E-state index contributed by atoms with van der Waals surface area (Å²) >= 11 is 0. The van der Waals surface area contributed by atoms with E-state index in [0.717, 1.165) is 18.9 Å². The molecule has 190 valence electrons. The number of carboxylic acids is 1. The summed E-state index contributed by atoms with van der Waals surface area (Å²) in [5.74, 6) is -1.19. The minimum Gasteiger partial charge on any atom is -0.492 e. The SMILES string of the molecule is COc1c(N2CCN(CC(=O)n3c(N)cnc3C)CC2)c(F)cc2c(=O)c(C(=O)O)cn(C3CC3)c12. The lowest BCUT2D eigenvalue weighted by Crippen LogP contribution is -2.49. The van der Waals surface area contributed by atoms with Crippen LogP contribution in [0.2, 0.25) is 0 Å². The van der Waals surface area contributed by atoms with Gasteiger partial charge in [-0.2, -0.15) is 0 Å². The second kappa shape index (κ2) is 8.94. The smallest absolute Gasteiger partial charge is 0.341 e. The van der Waals surface area contributed by atoms with E-state index >= 15 is 4.39 Å². The van der Waals surface area contributed by atoms with Crippen LogP contribution in [0.25, 0.3) is 10.9 Å². The number of hydrogen-bond donors (Lipinski definition) is 2. The Labute approximate surface area is 205 Å². The number of pyridine rings is 1. The molecule has 12 heteroatoms. The van der Waals surface area contributed by atoms with Gasteiger partial charge in [0.1, 0.15) is 22.9 Å². The van der Waals surface area contributed by atoms with E-state index in [1.54, 1.807) is 11.5 Å². The van der Waals surface area contributed by atoms with Crippen LogP contribution in [0, 0.1) is 12.7 Å². The van der Waals surface area contributed by atoms with Crippen molar-refractivity contribution in [3.63, 3.8) is 0 Å². The molecule has 1 aromatic carbocycles. The van der Waals surface area contributed by atoms with Gasteiger partial charge in [0.25, 0.3) is 0 Å². The van der Waals surface area contributed by atoms with Gasteiger partial charge in [0.2, 0.25) is 11.3 Å². The van der Waals surface area contributed by atoms with Crippen LogP contribution >= 0.6 is 0 Å². The summed E-state index contributed by atoms with van der Waals surface area (Å²) in [6, 6.07) is 1.14. The van der Waals surface area contributed by atoms with Crippen molar-refractivity contribution in [3.05, 3.63) is 45.9 Å². The Hall–Kier alpha value is -3.93. The number of hydrogen-bond acceptors (Lipinski definition) is 8. The Morgan fingerprint density at radius 1 is 1.25 bits per heavy atom. The fraction of sp³-hybridized carbons (Fsp3) is 0.417. The number of anilines is 2. The van der Waals surface area contributed by atoms with Gasteiger partial charge in [0.15, 0.2) is 11.6 Å². The minimum atomic E-state index is -1.35. The van der Waals surface area contributed by atoms with E-state index < -0.39 is 22.8 Å². The maximum atomic E-state index is 15.5. The lowest BCUT2D eigenvalue weighted by atomic mass is 10.1. The van der Waals surface area contributed by atoms with Crippen molar-refractivity contribution >= 4 is 34.3 Å². The molecular formula is C24H27FN6O5. The Morgan fingerprint density at radius 2 is 1.94 bits per heavy atom. The summed E-state index contributed by atoms with van der Waals surface area (Å²) in [5, 5.41) is 9.48. The quantitative estimate of drug-likeness (QED) is 0.521. The Morgan fingerprint density at radius 3 is 2.50 bits per heavy atom. The first kappa shape index (κ1) is 23.8. The Bertz CT molecular complexity index is 1420. The number of imidazole rings is 1. The maximum absolute atomic E-state index is 15.5. The third-order valence-corrected chi connectivity index (χ3v) is 6.84. The van der Waals surface area contributed by atoms with Crippen molar-refractivity contribution in [2.75, 3.05) is 50.5 Å². The van der Waals surface area contributed by atoms with E-state index in [0.29, 0.717) is 37.5 Å². The van der Waals surface area contributed by atoms with Gasteiger partial charge in [0.05, 0.1) is 30.8 Å². The number of fused-ring (bicyclic) bond motifs is 1. The van der Waals surface area contributed by atoms with Crippen molar-refractivity contribution in [1.29, 1.82) is 0 Å². The number of carboxylic acid groups (broad SMARTS) is 1. The summed E-state index contributed by atoms with van der Waals surface area (Å²) in [5.41, 5.74) is 5.34. The molecule has 2 fully saturated rings. The van der Waals surface area contributed by atoms with E-state index in [1.807, 2.05) is 9.80 Å². The normalized spacial score (nSPS) is 16.5. The zero-order chi connectivity index (χ0) is 25.7. The van der Waals surface area contributed by atoms with Crippen LogP contribution in [-0.4, -0.2) is 75.8 Å². The number of nitrogens with zero attached hydrogens (tertiary/aromatic N) is 5. The third-order valence-electron chi connectivity index (χ3n) is 6.84. The van der Waals surface area contributed by atoms with Gasteiger partial charge in [-0.1, -0.05) is 0 Å². The number of nitrogen functional groups attached to an aromatic ring is 1. The van der Waals surface area contributed by atoms with Crippen LogP contribution in [-0.2, 0) is 0 Å². The van der Waals surface area contributed by atoms with Crippen molar-refractivity contribution in [3.8, 4) is 5.75 Å². The van der Waals surface area contributed by atoms with E-state index in [4.69, 9.17) is 10.5 Å². The number of aryl methyl sites for hydroxylation is 1. The number of nitrogens with two attached hydrogens (primary N) is 1. The van der Waals surface area contributed by atoms with Crippen LogP contribution in [0.15, 0.2) is 23.3 Å².